The molecule has 1 aromatic carbocycles. The first-order valence-corrected chi connectivity index (χ1v) is 6.72. The van der Waals surface area contributed by atoms with Crippen LogP contribution in [0.1, 0.15) is 31.0 Å². The Morgan fingerprint density at radius 1 is 1.38 bits per heavy atom. The molecule has 0 saturated carbocycles. The number of rotatable bonds is 5. The summed E-state index contributed by atoms with van der Waals surface area (Å²) in [4.78, 5) is 24.1. The van der Waals surface area contributed by atoms with Gasteiger partial charge in [0.2, 0.25) is 0 Å². The van der Waals surface area contributed by atoms with Crippen molar-refractivity contribution in [1.82, 2.24) is 10.2 Å². The van der Waals surface area contributed by atoms with Crippen molar-refractivity contribution in [2.45, 2.75) is 26.8 Å². The van der Waals surface area contributed by atoms with Gasteiger partial charge in [-0.2, -0.15) is 0 Å². The van der Waals surface area contributed by atoms with Crippen LogP contribution in [0.5, 0.6) is 0 Å². The quantitative estimate of drug-likeness (QED) is 0.877. The van der Waals surface area contributed by atoms with E-state index in [1.807, 2.05) is 0 Å². The van der Waals surface area contributed by atoms with Crippen LogP contribution in [0.4, 0.5) is 9.18 Å². The molecule has 0 heterocycles. The van der Waals surface area contributed by atoms with E-state index in [2.05, 4.69) is 5.32 Å². The molecule has 0 aliphatic rings. The second-order valence-electron chi connectivity index (χ2n) is 5.30. The van der Waals surface area contributed by atoms with Crippen molar-refractivity contribution in [1.29, 1.82) is 0 Å². The molecule has 0 aliphatic heterocycles. The molecule has 116 valence electrons. The van der Waals surface area contributed by atoms with E-state index >= 15 is 0 Å². The number of hydrogen-bond donors (Lipinski definition) is 2. The smallest absolute Gasteiger partial charge is 0.317 e. The maximum atomic E-state index is 13.2. The fraction of sp³-hybridized carbons (Fsp3) is 0.467. The summed E-state index contributed by atoms with van der Waals surface area (Å²) in [5.74, 6) is -1.87. The molecular formula is C15H21FN2O3. The van der Waals surface area contributed by atoms with Crippen molar-refractivity contribution < 1.29 is 19.1 Å². The Balaban J connectivity index is 2.64. The van der Waals surface area contributed by atoms with Crippen molar-refractivity contribution in [2.75, 3.05) is 13.6 Å². The fourth-order valence-corrected chi connectivity index (χ4v) is 1.89. The Labute approximate surface area is 123 Å². The van der Waals surface area contributed by atoms with Gasteiger partial charge in [0.05, 0.1) is 12.0 Å². The van der Waals surface area contributed by atoms with Gasteiger partial charge in [-0.1, -0.05) is 19.1 Å². The lowest BCUT2D eigenvalue weighted by Crippen LogP contribution is -2.41. The monoisotopic (exact) mass is 296 g/mol. The number of aliphatic carboxylic acids is 1. The zero-order chi connectivity index (χ0) is 16.2. The van der Waals surface area contributed by atoms with E-state index in [9.17, 15) is 14.0 Å². The van der Waals surface area contributed by atoms with Gasteiger partial charge in [-0.15, -0.1) is 0 Å². The number of carboxylic acid groups (broad SMARTS) is 1. The second kappa shape index (κ2) is 7.06. The minimum atomic E-state index is -0.947. The first-order valence-electron chi connectivity index (χ1n) is 6.72. The van der Waals surface area contributed by atoms with Crippen LogP contribution in [0.2, 0.25) is 0 Å². The molecule has 2 N–H and O–H groups in total. The number of carboxylic acids is 1. The molecule has 0 spiro atoms. The van der Waals surface area contributed by atoms with Crippen LogP contribution in [0.15, 0.2) is 18.2 Å². The summed E-state index contributed by atoms with van der Waals surface area (Å²) in [6, 6.07) is 4.01. The Morgan fingerprint density at radius 3 is 2.52 bits per heavy atom. The van der Waals surface area contributed by atoms with Crippen LogP contribution >= 0.6 is 0 Å². The molecule has 0 saturated heterocycles. The lowest BCUT2D eigenvalue weighted by Gasteiger charge is -2.23. The maximum Gasteiger partial charge on any atom is 0.317 e. The molecule has 21 heavy (non-hydrogen) atoms. The number of carbonyl (C=O) groups is 2. The average molecular weight is 296 g/mol. The molecular weight excluding hydrogens is 275 g/mol. The standard InChI is InChI=1S/C15H21FN2O3/c1-9-7-12(5-6-13(9)16)11(3)17-15(21)18(4)8-10(2)14(19)20/h5-7,10-11H,8H2,1-4H3,(H,17,21)(H,19,20)/t10?,11-/m1/s1. The normalized spacial score (nSPS) is 13.4. The number of nitrogens with one attached hydrogen (secondary N) is 1. The molecule has 0 bridgehead atoms. The Hall–Kier alpha value is -2.11. The van der Waals surface area contributed by atoms with E-state index in [4.69, 9.17) is 5.11 Å². The number of benzene rings is 1. The van der Waals surface area contributed by atoms with Crippen molar-refractivity contribution >= 4 is 12.0 Å². The number of halogens is 1. The number of hydrogen-bond acceptors (Lipinski definition) is 2. The van der Waals surface area contributed by atoms with Gasteiger partial charge >= 0.3 is 12.0 Å². The zero-order valence-corrected chi connectivity index (χ0v) is 12.7. The maximum absolute atomic E-state index is 13.2. The Kier molecular flexibility index (Phi) is 5.69. The van der Waals surface area contributed by atoms with Crippen molar-refractivity contribution in [2.24, 2.45) is 5.92 Å². The molecule has 1 aromatic rings. The molecule has 0 aromatic heterocycles. The first kappa shape index (κ1) is 16.9. The van der Waals surface area contributed by atoms with Gasteiger partial charge in [-0.05, 0) is 31.0 Å². The summed E-state index contributed by atoms with van der Waals surface area (Å²) in [5.41, 5.74) is 1.31. The van der Waals surface area contributed by atoms with Crippen LogP contribution in [0, 0.1) is 18.7 Å². The number of urea groups is 1. The molecule has 2 amide bonds. The molecule has 1 unspecified atom stereocenters. The lowest BCUT2D eigenvalue weighted by molar-refractivity contribution is -0.141. The third kappa shape index (κ3) is 4.73. The highest BCUT2D eigenvalue weighted by molar-refractivity contribution is 5.76. The van der Waals surface area contributed by atoms with Crippen LogP contribution in [-0.2, 0) is 4.79 Å². The topological polar surface area (TPSA) is 69.6 Å². The largest absolute Gasteiger partial charge is 0.481 e. The summed E-state index contributed by atoms with van der Waals surface area (Å²) >= 11 is 0. The highest BCUT2D eigenvalue weighted by atomic mass is 19.1. The van der Waals surface area contributed by atoms with Crippen LogP contribution in [0.25, 0.3) is 0 Å². The molecule has 0 aliphatic carbocycles. The summed E-state index contributed by atoms with van der Waals surface area (Å²) in [6.45, 7) is 5.11. The van der Waals surface area contributed by atoms with Gasteiger partial charge in [-0.25, -0.2) is 9.18 Å². The molecule has 2 atom stereocenters. The van der Waals surface area contributed by atoms with Gasteiger partial charge in [-0.3, -0.25) is 4.79 Å². The van der Waals surface area contributed by atoms with Gasteiger partial charge < -0.3 is 15.3 Å². The van der Waals surface area contributed by atoms with E-state index in [1.165, 1.54) is 18.0 Å². The fourth-order valence-electron chi connectivity index (χ4n) is 1.89. The van der Waals surface area contributed by atoms with Gasteiger partial charge in [0.25, 0.3) is 0 Å². The number of nitrogens with zero attached hydrogens (tertiary/aromatic N) is 1. The molecule has 5 nitrogen and oxygen atoms in total. The highest BCUT2D eigenvalue weighted by Gasteiger charge is 2.19. The van der Waals surface area contributed by atoms with Crippen LogP contribution in [-0.4, -0.2) is 35.6 Å². The van der Waals surface area contributed by atoms with E-state index in [1.54, 1.807) is 32.9 Å². The summed E-state index contributed by atoms with van der Waals surface area (Å²) in [7, 11) is 1.54. The van der Waals surface area contributed by atoms with Crippen LogP contribution in [0.3, 0.4) is 0 Å². The SMILES string of the molecule is Cc1cc([C@@H](C)NC(=O)N(C)CC(C)C(=O)O)ccc1F. The lowest BCUT2D eigenvalue weighted by atomic mass is 10.1. The van der Waals surface area contributed by atoms with E-state index in [0.29, 0.717) is 5.56 Å². The Bertz CT molecular complexity index is 534. The van der Waals surface area contributed by atoms with Gasteiger partial charge in [0.1, 0.15) is 5.82 Å². The third-order valence-electron chi connectivity index (χ3n) is 3.34. The number of amides is 2. The van der Waals surface area contributed by atoms with Crippen molar-refractivity contribution in [3.8, 4) is 0 Å². The number of aryl methyl sites for hydroxylation is 1. The van der Waals surface area contributed by atoms with Gasteiger partial charge in [0, 0.05) is 13.6 Å². The molecule has 0 radical (unpaired) electrons. The summed E-state index contributed by atoms with van der Waals surface area (Å²) in [6.07, 6.45) is 0. The summed E-state index contributed by atoms with van der Waals surface area (Å²) in [5, 5.41) is 11.6. The molecule has 1 rings (SSSR count). The molecule has 6 heteroatoms. The Morgan fingerprint density at radius 2 is 2.00 bits per heavy atom. The zero-order valence-electron chi connectivity index (χ0n) is 12.7. The van der Waals surface area contributed by atoms with E-state index in [-0.39, 0.29) is 24.4 Å². The first-order chi connectivity index (χ1) is 9.72. The average Bonchev–Trinajstić information content (AvgIpc) is 2.41. The minimum absolute atomic E-state index is 0.121. The predicted octanol–water partition coefficient (Wildman–Crippen LogP) is 2.56. The van der Waals surface area contributed by atoms with Gasteiger partial charge in [0.15, 0.2) is 0 Å². The van der Waals surface area contributed by atoms with Crippen molar-refractivity contribution in [3.63, 3.8) is 0 Å². The van der Waals surface area contributed by atoms with E-state index in [0.717, 1.165) is 5.56 Å². The van der Waals surface area contributed by atoms with E-state index < -0.39 is 11.9 Å². The summed E-state index contributed by atoms with van der Waals surface area (Å²) < 4.78 is 13.2. The second-order valence-corrected chi connectivity index (χ2v) is 5.30. The minimum Gasteiger partial charge on any atom is -0.481 e. The van der Waals surface area contributed by atoms with Crippen molar-refractivity contribution in [3.05, 3.63) is 35.1 Å². The predicted molar refractivity (Wildman–Crippen MR) is 77.5 cm³/mol. The van der Waals surface area contributed by atoms with Crippen LogP contribution < -0.4 is 5.32 Å². The third-order valence-corrected chi connectivity index (χ3v) is 3.34. The number of carbonyl (C=O) groups excluding carboxylic acids is 1. The highest BCUT2D eigenvalue weighted by Crippen LogP contribution is 2.16. The molecule has 0 fully saturated rings.